The lowest BCUT2D eigenvalue weighted by Crippen LogP contribution is -2.35. The number of benzene rings is 1. The van der Waals surface area contributed by atoms with Crippen LogP contribution in [0.3, 0.4) is 0 Å². The second kappa shape index (κ2) is 12.9. The number of carbonyl (C=O) groups is 3. The van der Waals surface area contributed by atoms with Gasteiger partial charge in [0.2, 0.25) is 13.2 Å². The summed E-state index contributed by atoms with van der Waals surface area (Å²) in [5.74, 6) is -0.414. The van der Waals surface area contributed by atoms with Gasteiger partial charge in [-0.1, -0.05) is 0 Å². The maximum absolute atomic E-state index is 12.1. The van der Waals surface area contributed by atoms with Crippen molar-refractivity contribution in [1.29, 1.82) is 0 Å². The number of ether oxygens (including phenoxy) is 5. The molecule has 0 heterocycles. The third-order valence-corrected chi connectivity index (χ3v) is 4.78. The molecule has 0 aliphatic heterocycles. The Labute approximate surface area is 188 Å². The number of nitrogens with one attached hydrogen (secondary N) is 2. The number of esters is 1. The van der Waals surface area contributed by atoms with E-state index in [0.29, 0.717) is 37.4 Å². The van der Waals surface area contributed by atoms with Gasteiger partial charge in [-0.15, -0.1) is 0 Å². The fourth-order valence-electron chi connectivity index (χ4n) is 2.48. The molecule has 0 unspecified atom stereocenters. The largest absolute Gasteiger partial charge is 0.495 e. The van der Waals surface area contributed by atoms with Gasteiger partial charge in [0.15, 0.2) is 0 Å². The van der Waals surface area contributed by atoms with Crippen molar-refractivity contribution in [3.8, 4) is 5.75 Å². The fourth-order valence-corrected chi connectivity index (χ4v) is 2.48. The summed E-state index contributed by atoms with van der Waals surface area (Å²) in [4.78, 5) is 34.5. The van der Waals surface area contributed by atoms with Crippen LogP contribution in [0, 0.1) is 0 Å². The minimum absolute atomic E-state index is 0.179. The summed E-state index contributed by atoms with van der Waals surface area (Å²) in [7, 11) is 3.07. The average molecular weight is 455 g/mol. The maximum Gasteiger partial charge on any atom is 0.410 e. The van der Waals surface area contributed by atoms with E-state index in [1.165, 1.54) is 25.3 Å². The number of rotatable bonds is 14. The highest BCUT2D eigenvalue weighted by Gasteiger charge is 2.22. The van der Waals surface area contributed by atoms with Crippen molar-refractivity contribution >= 4 is 24.2 Å². The summed E-state index contributed by atoms with van der Waals surface area (Å²) in [5.41, 5.74) is -0.107. The van der Waals surface area contributed by atoms with E-state index < -0.39 is 24.5 Å². The standard InChI is InChI=1S/C22H34N2O8/c1-21(2,29-6)10-12-32-22(3,4)9-11-23-20(27)31-15-30-19(26)16-7-8-17(24-14-25)18(13-16)28-5/h7-8,13-14H,9-12,15H2,1-6H3,(H,23,27)(H,24,25). The predicted molar refractivity (Wildman–Crippen MR) is 118 cm³/mol. The summed E-state index contributed by atoms with van der Waals surface area (Å²) in [5, 5.41) is 5.04. The molecule has 1 aromatic carbocycles. The molecule has 0 saturated heterocycles. The zero-order valence-electron chi connectivity index (χ0n) is 19.6. The topological polar surface area (TPSA) is 121 Å². The molecular weight excluding hydrogens is 420 g/mol. The third kappa shape index (κ3) is 9.97. The molecule has 1 rings (SSSR count). The first-order valence-electron chi connectivity index (χ1n) is 10.2. The quantitative estimate of drug-likeness (QED) is 0.250. The smallest absolute Gasteiger partial charge is 0.410 e. The van der Waals surface area contributed by atoms with Crippen LogP contribution in [-0.4, -0.2) is 63.8 Å². The van der Waals surface area contributed by atoms with Crippen molar-refractivity contribution < 1.29 is 38.1 Å². The van der Waals surface area contributed by atoms with Crippen LogP contribution in [-0.2, 0) is 23.7 Å². The molecule has 0 fully saturated rings. The van der Waals surface area contributed by atoms with Crippen molar-refractivity contribution in [2.24, 2.45) is 0 Å². The Morgan fingerprint density at radius 2 is 1.75 bits per heavy atom. The average Bonchev–Trinajstić information content (AvgIpc) is 2.73. The number of anilines is 1. The van der Waals surface area contributed by atoms with Gasteiger partial charge in [0.25, 0.3) is 0 Å². The summed E-state index contributed by atoms with van der Waals surface area (Å²) < 4.78 is 26.2. The van der Waals surface area contributed by atoms with Gasteiger partial charge >= 0.3 is 12.1 Å². The van der Waals surface area contributed by atoms with Gasteiger partial charge in [0, 0.05) is 13.7 Å². The van der Waals surface area contributed by atoms with Crippen LogP contribution in [0.5, 0.6) is 5.75 Å². The second-order valence-corrected chi connectivity index (χ2v) is 8.16. The van der Waals surface area contributed by atoms with Gasteiger partial charge in [0.1, 0.15) is 5.75 Å². The molecule has 0 aromatic heterocycles. The van der Waals surface area contributed by atoms with E-state index in [1.807, 2.05) is 27.7 Å². The van der Waals surface area contributed by atoms with E-state index in [2.05, 4.69) is 10.6 Å². The highest BCUT2D eigenvalue weighted by atomic mass is 16.7. The molecule has 1 aromatic rings. The summed E-state index contributed by atoms with van der Waals surface area (Å²) in [6, 6.07) is 4.36. The normalized spacial score (nSPS) is 11.4. The Kier molecular flexibility index (Phi) is 10.9. The molecule has 0 spiro atoms. The highest BCUT2D eigenvalue weighted by molar-refractivity contribution is 5.91. The zero-order valence-corrected chi connectivity index (χ0v) is 19.6. The van der Waals surface area contributed by atoms with Crippen molar-refractivity contribution in [1.82, 2.24) is 5.32 Å². The van der Waals surface area contributed by atoms with Crippen molar-refractivity contribution in [3.63, 3.8) is 0 Å². The van der Waals surface area contributed by atoms with Crippen molar-refractivity contribution in [2.75, 3.05) is 39.5 Å². The van der Waals surface area contributed by atoms with Crippen molar-refractivity contribution in [2.45, 2.75) is 51.7 Å². The SMILES string of the molecule is COc1cc(C(=O)OCOC(=O)NCCC(C)(C)OCCC(C)(C)OC)ccc1NC=O. The molecule has 0 atom stereocenters. The van der Waals surface area contributed by atoms with Crippen LogP contribution in [0.2, 0.25) is 0 Å². The second-order valence-electron chi connectivity index (χ2n) is 8.16. The Morgan fingerprint density at radius 1 is 1.03 bits per heavy atom. The molecule has 0 aliphatic carbocycles. The van der Waals surface area contributed by atoms with E-state index in [0.717, 1.165) is 6.42 Å². The molecule has 2 N–H and O–H groups in total. The van der Waals surface area contributed by atoms with Gasteiger partial charge in [-0.3, -0.25) is 4.79 Å². The minimum atomic E-state index is -0.711. The third-order valence-electron chi connectivity index (χ3n) is 4.78. The Morgan fingerprint density at radius 3 is 2.38 bits per heavy atom. The molecular formula is C22H34N2O8. The van der Waals surface area contributed by atoms with Gasteiger partial charge in [-0.25, -0.2) is 9.59 Å². The van der Waals surface area contributed by atoms with Crippen LogP contribution in [0.4, 0.5) is 10.5 Å². The molecule has 0 bridgehead atoms. The van der Waals surface area contributed by atoms with E-state index in [1.54, 1.807) is 7.11 Å². The monoisotopic (exact) mass is 454 g/mol. The maximum atomic E-state index is 12.1. The molecule has 0 aliphatic rings. The van der Waals surface area contributed by atoms with Crippen LogP contribution in [0.1, 0.15) is 50.9 Å². The molecule has 0 saturated carbocycles. The lowest BCUT2D eigenvalue weighted by molar-refractivity contribution is -0.105. The molecule has 10 heteroatoms. The fraction of sp³-hybridized carbons (Fsp3) is 0.591. The summed E-state index contributed by atoms with van der Waals surface area (Å²) in [6.45, 7) is 8.17. The van der Waals surface area contributed by atoms with Gasteiger partial charge in [-0.05, 0) is 58.7 Å². The van der Waals surface area contributed by atoms with Crippen molar-refractivity contribution in [3.05, 3.63) is 23.8 Å². The molecule has 0 radical (unpaired) electrons. The predicted octanol–water partition coefficient (Wildman–Crippen LogP) is 3.10. The number of methoxy groups -OCH3 is 2. The van der Waals surface area contributed by atoms with Crippen LogP contribution < -0.4 is 15.4 Å². The minimum Gasteiger partial charge on any atom is -0.495 e. The van der Waals surface area contributed by atoms with Crippen LogP contribution >= 0.6 is 0 Å². The summed E-state index contributed by atoms with van der Waals surface area (Å²) >= 11 is 0. The molecule has 32 heavy (non-hydrogen) atoms. The van der Waals surface area contributed by atoms with E-state index in [-0.39, 0.29) is 11.2 Å². The van der Waals surface area contributed by atoms with E-state index >= 15 is 0 Å². The van der Waals surface area contributed by atoms with Gasteiger partial charge < -0.3 is 34.3 Å². The lowest BCUT2D eigenvalue weighted by atomic mass is 10.0. The first-order chi connectivity index (χ1) is 15.0. The number of hydrogen-bond donors (Lipinski definition) is 2. The van der Waals surface area contributed by atoms with E-state index in [4.69, 9.17) is 23.7 Å². The van der Waals surface area contributed by atoms with Gasteiger partial charge in [0.05, 0.1) is 36.2 Å². The number of carbonyl (C=O) groups excluding carboxylic acids is 3. The van der Waals surface area contributed by atoms with Gasteiger partial charge in [-0.2, -0.15) is 0 Å². The first kappa shape index (κ1) is 27.2. The van der Waals surface area contributed by atoms with E-state index in [9.17, 15) is 14.4 Å². The molecule has 180 valence electrons. The highest BCUT2D eigenvalue weighted by Crippen LogP contribution is 2.25. The zero-order chi connectivity index (χ0) is 24.2. The Balaban J connectivity index is 2.33. The first-order valence-corrected chi connectivity index (χ1v) is 10.2. The summed E-state index contributed by atoms with van der Waals surface area (Å²) in [6.07, 6.45) is 1.10. The number of amides is 2. The number of hydrogen-bond acceptors (Lipinski definition) is 8. The lowest BCUT2D eigenvalue weighted by Gasteiger charge is -2.28. The van der Waals surface area contributed by atoms with Crippen LogP contribution in [0.25, 0.3) is 0 Å². The molecule has 10 nitrogen and oxygen atoms in total. The Hall–Kier alpha value is -2.85. The number of alkyl carbamates (subject to hydrolysis) is 1. The Bertz CT molecular complexity index is 764. The molecule has 2 amide bonds. The van der Waals surface area contributed by atoms with Crippen LogP contribution in [0.15, 0.2) is 18.2 Å².